The Labute approximate surface area is 181 Å². The molecule has 0 spiro atoms. The Balaban J connectivity index is 1.43. The van der Waals surface area contributed by atoms with Crippen LogP contribution in [0.4, 0.5) is 0 Å². The molecule has 1 aliphatic heterocycles. The Hall–Kier alpha value is -3.48. The van der Waals surface area contributed by atoms with Crippen molar-refractivity contribution < 1.29 is 14.3 Å². The van der Waals surface area contributed by atoms with Gasteiger partial charge < -0.3 is 14.2 Å². The van der Waals surface area contributed by atoms with Crippen molar-refractivity contribution in [2.45, 2.75) is 25.8 Å². The molecule has 1 amide bonds. The summed E-state index contributed by atoms with van der Waals surface area (Å²) in [5.74, 6) is 0.253. The number of hydrogen-bond acceptors (Lipinski definition) is 5. The third kappa shape index (κ3) is 4.50. The molecule has 160 valence electrons. The van der Waals surface area contributed by atoms with E-state index in [2.05, 4.69) is 33.4 Å². The van der Waals surface area contributed by atoms with Crippen LogP contribution in [0.3, 0.4) is 0 Å². The van der Waals surface area contributed by atoms with Gasteiger partial charge in [-0.05, 0) is 55.5 Å². The maximum absolute atomic E-state index is 11.8. The van der Waals surface area contributed by atoms with Crippen molar-refractivity contribution >= 4 is 22.8 Å². The van der Waals surface area contributed by atoms with E-state index in [-0.39, 0.29) is 5.91 Å². The predicted molar refractivity (Wildman–Crippen MR) is 118 cm³/mol. The number of piperidine rings is 1. The van der Waals surface area contributed by atoms with Crippen molar-refractivity contribution in [3.8, 4) is 11.4 Å². The van der Waals surface area contributed by atoms with Crippen LogP contribution in [0.15, 0.2) is 55.5 Å². The molecule has 0 bridgehead atoms. The first-order valence-electron chi connectivity index (χ1n) is 10.5. The summed E-state index contributed by atoms with van der Waals surface area (Å²) in [7, 11) is 1.36. The standard InChI is InChI=1S/C24H26N4O3/c1-3-23(29)28-11-6-17(7-12-28)5-10-27-13-8-18-14-21(26-16-22(18)27)20-15-19(4-9-25-20)24(30)31-2/h3-4,8-9,13-17H,1,5-7,10-12H2,2H3. The Kier molecular flexibility index (Phi) is 6.11. The van der Waals surface area contributed by atoms with E-state index in [1.165, 1.54) is 13.2 Å². The lowest BCUT2D eigenvalue weighted by molar-refractivity contribution is -0.127. The number of amides is 1. The van der Waals surface area contributed by atoms with Crippen molar-refractivity contribution in [1.82, 2.24) is 19.4 Å². The zero-order chi connectivity index (χ0) is 21.8. The first-order chi connectivity index (χ1) is 15.1. The molecule has 0 saturated carbocycles. The second-order valence-electron chi connectivity index (χ2n) is 7.82. The number of ether oxygens (including phenoxy) is 1. The van der Waals surface area contributed by atoms with Gasteiger partial charge in [0.1, 0.15) is 0 Å². The molecule has 3 aromatic heterocycles. The number of hydrogen-bond donors (Lipinski definition) is 0. The van der Waals surface area contributed by atoms with E-state index < -0.39 is 5.97 Å². The van der Waals surface area contributed by atoms with Gasteiger partial charge in [0.2, 0.25) is 5.91 Å². The molecule has 0 aromatic carbocycles. The number of aromatic nitrogens is 3. The third-order valence-electron chi connectivity index (χ3n) is 5.98. The number of carbonyl (C=O) groups is 2. The van der Waals surface area contributed by atoms with Gasteiger partial charge in [-0.1, -0.05) is 6.58 Å². The van der Waals surface area contributed by atoms with Gasteiger partial charge in [0, 0.05) is 37.4 Å². The number of methoxy groups -OCH3 is 1. The number of aryl methyl sites for hydroxylation is 1. The zero-order valence-electron chi connectivity index (χ0n) is 17.7. The molecule has 4 heterocycles. The summed E-state index contributed by atoms with van der Waals surface area (Å²) < 4.78 is 7.01. The van der Waals surface area contributed by atoms with Crippen LogP contribution < -0.4 is 0 Å². The van der Waals surface area contributed by atoms with Gasteiger partial charge in [0.15, 0.2) is 0 Å². The molecular formula is C24H26N4O3. The van der Waals surface area contributed by atoms with E-state index in [4.69, 9.17) is 4.74 Å². The minimum Gasteiger partial charge on any atom is -0.465 e. The Morgan fingerprint density at radius 1 is 1.19 bits per heavy atom. The molecule has 0 aliphatic carbocycles. The smallest absolute Gasteiger partial charge is 0.337 e. The number of pyridine rings is 2. The van der Waals surface area contributed by atoms with E-state index in [1.807, 2.05) is 17.2 Å². The summed E-state index contributed by atoms with van der Waals surface area (Å²) in [6, 6.07) is 7.40. The van der Waals surface area contributed by atoms with Crippen molar-refractivity contribution in [3.63, 3.8) is 0 Å². The van der Waals surface area contributed by atoms with Crippen LogP contribution in [-0.2, 0) is 16.1 Å². The van der Waals surface area contributed by atoms with Gasteiger partial charge in [-0.25, -0.2) is 4.79 Å². The first kappa shape index (κ1) is 20.8. The molecule has 1 aliphatic rings. The monoisotopic (exact) mass is 418 g/mol. The molecule has 1 saturated heterocycles. The van der Waals surface area contributed by atoms with Crippen LogP contribution in [-0.4, -0.2) is 51.5 Å². The first-order valence-corrected chi connectivity index (χ1v) is 10.5. The molecule has 1 fully saturated rings. The van der Waals surface area contributed by atoms with E-state index in [9.17, 15) is 9.59 Å². The van der Waals surface area contributed by atoms with Crippen LogP contribution in [0.1, 0.15) is 29.6 Å². The number of likely N-dealkylation sites (tertiary alicyclic amines) is 1. The normalized spacial score (nSPS) is 14.5. The molecule has 7 heteroatoms. The number of esters is 1. The summed E-state index contributed by atoms with van der Waals surface area (Å²) in [6.07, 6.45) is 10.1. The Morgan fingerprint density at radius 3 is 2.71 bits per heavy atom. The molecule has 31 heavy (non-hydrogen) atoms. The lowest BCUT2D eigenvalue weighted by Gasteiger charge is -2.31. The predicted octanol–water partition coefficient (Wildman–Crippen LogP) is 3.70. The van der Waals surface area contributed by atoms with E-state index >= 15 is 0 Å². The fourth-order valence-corrected chi connectivity index (χ4v) is 4.13. The van der Waals surface area contributed by atoms with Gasteiger partial charge in [0.05, 0.1) is 35.8 Å². The topological polar surface area (TPSA) is 77.3 Å². The minimum absolute atomic E-state index is 0.0309. The highest BCUT2D eigenvalue weighted by atomic mass is 16.5. The third-order valence-corrected chi connectivity index (χ3v) is 5.98. The Bertz CT molecular complexity index is 1110. The maximum Gasteiger partial charge on any atom is 0.337 e. The summed E-state index contributed by atoms with van der Waals surface area (Å²) in [6.45, 7) is 6.11. The second kappa shape index (κ2) is 9.12. The quantitative estimate of drug-likeness (QED) is 0.451. The van der Waals surface area contributed by atoms with Gasteiger partial charge in [-0.15, -0.1) is 0 Å². The summed E-state index contributed by atoms with van der Waals surface area (Å²) >= 11 is 0. The molecule has 4 rings (SSSR count). The average Bonchev–Trinajstić information content (AvgIpc) is 3.24. The van der Waals surface area contributed by atoms with Crippen molar-refractivity contribution in [2.75, 3.05) is 20.2 Å². The Morgan fingerprint density at radius 2 is 1.97 bits per heavy atom. The molecule has 0 atom stereocenters. The van der Waals surface area contributed by atoms with Gasteiger partial charge in [-0.3, -0.25) is 14.8 Å². The second-order valence-corrected chi connectivity index (χ2v) is 7.82. The molecule has 0 unspecified atom stereocenters. The van der Waals surface area contributed by atoms with Gasteiger partial charge in [0.25, 0.3) is 0 Å². The number of fused-ring (bicyclic) bond motifs is 1. The summed E-state index contributed by atoms with van der Waals surface area (Å²) in [4.78, 5) is 34.3. The fraction of sp³-hybridized carbons (Fsp3) is 0.333. The van der Waals surface area contributed by atoms with Crippen LogP contribution >= 0.6 is 0 Å². The van der Waals surface area contributed by atoms with Crippen LogP contribution in [0, 0.1) is 5.92 Å². The zero-order valence-corrected chi connectivity index (χ0v) is 17.7. The van der Waals surface area contributed by atoms with Gasteiger partial charge >= 0.3 is 5.97 Å². The van der Waals surface area contributed by atoms with Crippen molar-refractivity contribution in [3.05, 3.63) is 61.1 Å². The van der Waals surface area contributed by atoms with Crippen molar-refractivity contribution in [2.24, 2.45) is 5.92 Å². The van der Waals surface area contributed by atoms with Gasteiger partial charge in [-0.2, -0.15) is 0 Å². The van der Waals surface area contributed by atoms with Crippen molar-refractivity contribution in [1.29, 1.82) is 0 Å². The summed E-state index contributed by atoms with van der Waals surface area (Å²) in [5.41, 5.74) is 2.88. The molecule has 0 N–H and O–H groups in total. The van der Waals surface area contributed by atoms with E-state index in [0.717, 1.165) is 55.5 Å². The SMILES string of the molecule is C=CC(=O)N1CCC(CCn2ccc3cc(-c4cc(C(=O)OC)ccn4)ncc32)CC1. The summed E-state index contributed by atoms with van der Waals surface area (Å²) in [5, 5.41) is 1.08. The largest absolute Gasteiger partial charge is 0.465 e. The molecule has 3 aromatic rings. The number of rotatable bonds is 6. The molecule has 7 nitrogen and oxygen atoms in total. The van der Waals surface area contributed by atoms with E-state index in [1.54, 1.807) is 18.3 Å². The van der Waals surface area contributed by atoms with Crippen LogP contribution in [0.2, 0.25) is 0 Å². The van der Waals surface area contributed by atoms with E-state index in [0.29, 0.717) is 17.2 Å². The fourth-order valence-electron chi connectivity index (χ4n) is 4.13. The minimum atomic E-state index is -0.393. The lowest BCUT2D eigenvalue weighted by Crippen LogP contribution is -2.37. The maximum atomic E-state index is 11.8. The molecular weight excluding hydrogens is 392 g/mol. The lowest BCUT2D eigenvalue weighted by atomic mass is 9.93. The highest BCUT2D eigenvalue weighted by Gasteiger charge is 2.21. The van der Waals surface area contributed by atoms with Crippen LogP contribution in [0.5, 0.6) is 0 Å². The van der Waals surface area contributed by atoms with Crippen LogP contribution in [0.25, 0.3) is 22.3 Å². The highest BCUT2D eigenvalue weighted by molar-refractivity contribution is 5.91. The highest BCUT2D eigenvalue weighted by Crippen LogP contribution is 2.25. The number of carbonyl (C=O) groups excluding carboxylic acids is 2. The number of nitrogens with zero attached hydrogens (tertiary/aromatic N) is 4. The average molecular weight is 418 g/mol. The molecule has 0 radical (unpaired) electrons.